The number of hydrogen-bond donors (Lipinski definition) is 2. The number of nitrogens with zero attached hydrogens (tertiary/aromatic N) is 1. The van der Waals surface area contributed by atoms with E-state index < -0.39 is 10.0 Å². The first-order valence-corrected chi connectivity index (χ1v) is 13.1. The highest BCUT2D eigenvalue weighted by Crippen LogP contribution is 2.35. The zero-order chi connectivity index (χ0) is 25.0. The molecular weight excluding hydrogens is 546 g/mol. The topological polar surface area (TPSA) is 111 Å². The third kappa shape index (κ3) is 6.11. The van der Waals surface area contributed by atoms with Crippen molar-refractivity contribution in [1.82, 2.24) is 5.16 Å². The van der Waals surface area contributed by atoms with Crippen molar-refractivity contribution in [2.45, 2.75) is 45.4 Å². The quantitative estimate of drug-likeness (QED) is 0.309. The SMILES string of the molecule is Cc1cc(OCCCC(=O)Nc2ccc(S(=O)(=O)Nc3onc(C)c3C)cc2)c(Br)c(C)c1Cl. The molecule has 0 aliphatic carbocycles. The zero-order valence-electron chi connectivity index (χ0n) is 19.2. The number of aromatic nitrogens is 1. The summed E-state index contributed by atoms with van der Waals surface area (Å²) >= 11 is 9.72. The van der Waals surface area contributed by atoms with Gasteiger partial charge in [-0.25, -0.2) is 13.1 Å². The Bertz CT molecular complexity index is 1310. The number of hydrogen-bond acceptors (Lipinski definition) is 6. The fourth-order valence-electron chi connectivity index (χ4n) is 3.05. The lowest BCUT2D eigenvalue weighted by atomic mass is 10.1. The predicted octanol–water partition coefficient (Wildman–Crippen LogP) is 5.92. The molecule has 0 spiro atoms. The van der Waals surface area contributed by atoms with Gasteiger partial charge in [0.15, 0.2) is 0 Å². The van der Waals surface area contributed by atoms with Gasteiger partial charge in [0, 0.05) is 22.7 Å². The number of halogens is 2. The van der Waals surface area contributed by atoms with E-state index in [1.165, 1.54) is 24.3 Å². The van der Waals surface area contributed by atoms with Crippen LogP contribution in [0.1, 0.15) is 35.2 Å². The summed E-state index contributed by atoms with van der Waals surface area (Å²) in [6.07, 6.45) is 0.750. The molecule has 0 fully saturated rings. The van der Waals surface area contributed by atoms with Crippen LogP contribution in [0, 0.1) is 27.7 Å². The van der Waals surface area contributed by atoms with Gasteiger partial charge in [-0.05, 0) is 91.5 Å². The lowest BCUT2D eigenvalue weighted by Crippen LogP contribution is -2.14. The van der Waals surface area contributed by atoms with E-state index in [0.29, 0.717) is 40.7 Å². The van der Waals surface area contributed by atoms with Gasteiger partial charge in [0.1, 0.15) is 5.75 Å². The number of carbonyl (C=O) groups is 1. The number of nitrogens with one attached hydrogen (secondary N) is 2. The van der Waals surface area contributed by atoms with E-state index in [2.05, 4.69) is 31.1 Å². The number of sulfonamides is 1. The second-order valence-electron chi connectivity index (χ2n) is 7.80. The van der Waals surface area contributed by atoms with Crippen molar-refractivity contribution in [2.75, 3.05) is 16.6 Å². The van der Waals surface area contributed by atoms with E-state index in [1.54, 1.807) is 13.8 Å². The first-order chi connectivity index (χ1) is 16.0. The fourth-order valence-corrected chi connectivity index (χ4v) is 4.79. The molecule has 1 aromatic heterocycles. The molecule has 2 N–H and O–H groups in total. The van der Waals surface area contributed by atoms with E-state index in [1.807, 2.05) is 19.9 Å². The summed E-state index contributed by atoms with van der Waals surface area (Å²) in [5, 5.41) is 7.18. The lowest BCUT2D eigenvalue weighted by Gasteiger charge is -2.13. The van der Waals surface area contributed by atoms with Gasteiger partial charge in [0.2, 0.25) is 11.8 Å². The molecule has 8 nitrogen and oxygen atoms in total. The van der Waals surface area contributed by atoms with Crippen molar-refractivity contribution in [3.8, 4) is 5.75 Å². The minimum atomic E-state index is -3.85. The molecule has 11 heteroatoms. The van der Waals surface area contributed by atoms with Gasteiger partial charge >= 0.3 is 0 Å². The second-order valence-corrected chi connectivity index (χ2v) is 10.7. The van der Waals surface area contributed by atoms with Gasteiger partial charge in [-0.2, -0.15) is 0 Å². The molecule has 0 aliphatic heterocycles. The molecular formula is C23H25BrClN3O5S. The maximum absolute atomic E-state index is 12.6. The monoisotopic (exact) mass is 569 g/mol. The molecule has 0 aliphatic rings. The summed E-state index contributed by atoms with van der Waals surface area (Å²) < 4.78 is 39.1. The van der Waals surface area contributed by atoms with Crippen LogP contribution in [-0.2, 0) is 14.8 Å². The van der Waals surface area contributed by atoms with Crippen LogP contribution in [0.15, 0.2) is 44.2 Å². The largest absolute Gasteiger partial charge is 0.492 e. The van der Waals surface area contributed by atoms with Gasteiger partial charge in [0.05, 0.1) is 21.7 Å². The summed E-state index contributed by atoms with van der Waals surface area (Å²) in [4.78, 5) is 12.3. The molecule has 1 heterocycles. The molecule has 182 valence electrons. The molecule has 0 saturated carbocycles. The summed E-state index contributed by atoms with van der Waals surface area (Å²) in [7, 11) is -3.85. The summed E-state index contributed by atoms with van der Waals surface area (Å²) in [5.74, 6) is 0.557. The Morgan fingerprint density at radius 2 is 1.82 bits per heavy atom. The molecule has 0 unspecified atom stereocenters. The Morgan fingerprint density at radius 1 is 1.15 bits per heavy atom. The molecule has 0 radical (unpaired) electrons. The van der Waals surface area contributed by atoms with Gasteiger partial charge in [-0.1, -0.05) is 16.8 Å². The van der Waals surface area contributed by atoms with Crippen molar-refractivity contribution in [1.29, 1.82) is 0 Å². The van der Waals surface area contributed by atoms with Gasteiger partial charge in [-0.15, -0.1) is 0 Å². The van der Waals surface area contributed by atoms with Crippen LogP contribution in [0.2, 0.25) is 5.02 Å². The molecule has 0 bridgehead atoms. The Labute approximate surface area is 212 Å². The predicted molar refractivity (Wildman–Crippen MR) is 135 cm³/mol. The molecule has 3 rings (SSSR count). The first kappa shape index (κ1) is 26.1. The maximum atomic E-state index is 12.6. The molecule has 1 amide bonds. The number of benzene rings is 2. The number of aryl methyl sites for hydroxylation is 2. The Hall–Kier alpha value is -2.56. The first-order valence-electron chi connectivity index (χ1n) is 10.4. The minimum Gasteiger partial charge on any atom is -0.492 e. The minimum absolute atomic E-state index is 0.0338. The van der Waals surface area contributed by atoms with E-state index >= 15 is 0 Å². The maximum Gasteiger partial charge on any atom is 0.264 e. The number of anilines is 2. The normalized spacial score (nSPS) is 11.4. The molecule has 0 saturated heterocycles. The van der Waals surface area contributed by atoms with Crippen molar-refractivity contribution in [3.05, 3.63) is 62.2 Å². The average Bonchev–Trinajstić information content (AvgIpc) is 3.10. The van der Waals surface area contributed by atoms with E-state index in [9.17, 15) is 13.2 Å². The van der Waals surface area contributed by atoms with Crippen LogP contribution in [0.4, 0.5) is 11.6 Å². The average molecular weight is 571 g/mol. The number of ether oxygens (including phenoxy) is 1. The highest BCUT2D eigenvalue weighted by atomic mass is 79.9. The zero-order valence-corrected chi connectivity index (χ0v) is 22.3. The number of amides is 1. The summed E-state index contributed by atoms with van der Waals surface area (Å²) in [5.41, 5.74) is 3.53. The van der Waals surface area contributed by atoms with Crippen LogP contribution in [-0.4, -0.2) is 26.1 Å². The molecule has 3 aromatic rings. The highest BCUT2D eigenvalue weighted by Gasteiger charge is 2.19. The molecule has 2 aromatic carbocycles. The van der Waals surface area contributed by atoms with Crippen LogP contribution in [0.5, 0.6) is 5.75 Å². The van der Waals surface area contributed by atoms with E-state index in [-0.39, 0.29) is 23.1 Å². The van der Waals surface area contributed by atoms with Crippen molar-refractivity contribution in [3.63, 3.8) is 0 Å². The fraction of sp³-hybridized carbons (Fsp3) is 0.304. The third-order valence-corrected chi connectivity index (χ3v) is 8.12. The second kappa shape index (κ2) is 10.8. The third-order valence-electron chi connectivity index (χ3n) is 5.21. The Morgan fingerprint density at radius 3 is 2.44 bits per heavy atom. The highest BCUT2D eigenvalue weighted by molar-refractivity contribution is 9.10. The number of rotatable bonds is 9. The van der Waals surface area contributed by atoms with Crippen LogP contribution in [0.3, 0.4) is 0 Å². The Kier molecular flexibility index (Phi) is 8.27. The summed E-state index contributed by atoms with van der Waals surface area (Å²) in [6, 6.07) is 7.72. The van der Waals surface area contributed by atoms with E-state index in [0.717, 1.165) is 15.6 Å². The molecule has 0 atom stereocenters. The van der Waals surface area contributed by atoms with Gasteiger partial charge in [-0.3, -0.25) is 4.79 Å². The van der Waals surface area contributed by atoms with Gasteiger partial charge in [0.25, 0.3) is 10.0 Å². The molecule has 34 heavy (non-hydrogen) atoms. The van der Waals surface area contributed by atoms with Crippen molar-refractivity contribution < 1.29 is 22.5 Å². The summed E-state index contributed by atoms with van der Waals surface area (Å²) in [6.45, 7) is 7.60. The van der Waals surface area contributed by atoms with E-state index in [4.69, 9.17) is 20.9 Å². The Balaban J connectivity index is 1.51. The smallest absolute Gasteiger partial charge is 0.264 e. The van der Waals surface area contributed by atoms with Crippen LogP contribution < -0.4 is 14.8 Å². The van der Waals surface area contributed by atoms with Crippen molar-refractivity contribution >= 4 is 55.0 Å². The van der Waals surface area contributed by atoms with Crippen LogP contribution >= 0.6 is 27.5 Å². The van der Waals surface area contributed by atoms with Crippen molar-refractivity contribution in [2.24, 2.45) is 0 Å². The standard InChI is InChI=1S/C23H25BrClN3O5S/c1-13-12-19(21(24)15(3)22(13)25)32-11-5-6-20(29)26-17-7-9-18(10-8-17)34(30,31)28-23-14(2)16(4)27-33-23/h7-10,12,28H,5-6,11H2,1-4H3,(H,26,29). The lowest BCUT2D eigenvalue weighted by molar-refractivity contribution is -0.116. The number of carbonyl (C=O) groups excluding carboxylic acids is 1. The van der Waals surface area contributed by atoms with Gasteiger partial charge < -0.3 is 14.6 Å². The van der Waals surface area contributed by atoms with Crippen LogP contribution in [0.25, 0.3) is 0 Å².